The average molecular weight is 264 g/mol. The number of hydrogen-bond donors (Lipinski definition) is 0. The van der Waals surface area contributed by atoms with Crippen LogP contribution in [0.2, 0.25) is 0 Å². The first-order chi connectivity index (χ1) is 9.22. The average Bonchev–Trinajstić information content (AvgIpc) is 3.19. The van der Waals surface area contributed by atoms with Crippen LogP contribution in [0, 0.1) is 47.3 Å². The van der Waals surface area contributed by atoms with Crippen molar-refractivity contribution < 1.29 is 9.47 Å². The van der Waals surface area contributed by atoms with Crippen LogP contribution in [0.3, 0.4) is 0 Å². The molecule has 0 bridgehead atoms. The Balaban J connectivity index is 1.32. The Morgan fingerprint density at radius 1 is 0.947 bits per heavy atom. The fraction of sp³-hybridized carbons (Fsp3) is 1.00. The van der Waals surface area contributed by atoms with E-state index in [0.717, 1.165) is 67.2 Å². The third-order valence-corrected chi connectivity index (χ3v) is 6.81. The van der Waals surface area contributed by atoms with Crippen molar-refractivity contribution in [3.8, 4) is 0 Å². The molecule has 0 amide bonds. The molecule has 4 rings (SSSR count). The first-order valence-electron chi connectivity index (χ1n) is 8.41. The summed E-state index contributed by atoms with van der Waals surface area (Å²) in [7, 11) is 0. The molecule has 0 N–H and O–H groups in total. The summed E-state index contributed by atoms with van der Waals surface area (Å²) in [5, 5.41) is 0. The standard InChI is InChI=1S/C17H28O2/c1-4-9(2)16-13-8-19-14(17(13)16)5-10(3)15-11-6-18-7-12(11)15/h9-17H,4-8H2,1-3H3/t9?,10?,11?,12?,13-,14?,15?,16-,17+/m1/s1. The maximum absolute atomic E-state index is 6.08. The Morgan fingerprint density at radius 2 is 1.68 bits per heavy atom. The number of fused-ring (bicyclic) bond motifs is 2. The lowest BCUT2D eigenvalue weighted by molar-refractivity contribution is 0.0384. The predicted octanol–water partition coefficient (Wildman–Crippen LogP) is 3.21. The van der Waals surface area contributed by atoms with E-state index in [-0.39, 0.29) is 0 Å². The molecule has 2 heteroatoms. The van der Waals surface area contributed by atoms with Gasteiger partial charge in [0.05, 0.1) is 25.9 Å². The van der Waals surface area contributed by atoms with E-state index in [1.807, 2.05) is 0 Å². The van der Waals surface area contributed by atoms with Crippen LogP contribution in [0.1, 0.15) is 33.6 Å². The van der Waals surface area contributed by atoms with E-state index in [9.17, 15) is 0 Å². The molecule has 5 unspecified atom stereocenters. The summed E-state index contributed by atoms with van der Waals surface area (Å²) >= 11 is 0. The lowest BCUT2D eigenvalue weighted by atomic mass is 9.91. The van der Waals surface area contributed by atoms with Crippen LogP contribution in [-0.2, 0) is 9.47 Å². The molecule has 0 aromatic heterocycles. The molecule has 0 aromatic carbocycles. The van der Waals surface area contributed by atoms with Gasteiger partial charge in [-0.15, -0.1) is 0 Å². The molecule has 4 aliphatic rings. The molecule has 0 radical (unpaired) electrons. The van der Waals surface area contributed by atoms with Gasteiger partial charge in [0.25, 0.3) is 0 Å². The molecule has 4 fully saturated rings. The lowest BCUT2D eigenvalue weighted by Gasteiger charge is -2.22. The zero-order valence-corrected chi connectivity index (χ0v) is 12.5. The number of hydrogen-bond acceptors (Lipinski definition) is 2. The summed E-state index contributed by atoms with van der Waals surface area (Å²) in [4.78, 5) is 0. The Labute approximate surface area is 117 Å². The zero-order chi connectivity index (χ0) is 13.1. The topological polar surface area (TPSA) is 18.5 Å². The van der Waals surface area contributed by atoms with E-state index in [1.54, 1.807) is 0 Å². The Kier molecular flexibility index (Phi) is 2.97. The Hall–Kier alpha value is -0.0800. The van der Waals surface area contributed by atoms with Crippen LogP contribution in [-0.4, -0.2) is 25.9 Å². The summed E-state index contributed by atoms with van der Waals surface area (Å²) in [6.45, 7) is 10.4. The lowest BCUT2D eigenvalue weighted by Crippen LogP contribution is -2.21. The highest BCUT2D eigenvalue weighted by Gasteiger charge is 2.62. The van der Waals surface area contributed by atoms with Gasteiger partial charge in [0.2, 0.25) is 0 Å². The summed E-state index contributed by atoms with van der Waals surface area (Å²) in [6.07, 6.45) is 3.23. The fourth-order valence-corrected chi connectivity index (χ4v) is 5.47. The van der Waals surface area contributed by atoms with Crippen molar-refractivity contribution in [2.45, 2.75) is 39.7 Å². The normalized spacial score (nSPS) is 53.5. The van der Waals surface area contributed by atoms with Crippen molar-refractivity contribution in [1.82, 2.24) is 0 Å². The second kappa shape index (κ2) is 4.46. The quantitative estimate of drug-likeness (QED) is 0.759. The first kappa shape index (κ1) is 12.6. The van der Waals surface area contributed by atoms with Gasteiger partial charge in [-0.3, -0.25) is 0 Å². The van der Waals surface area contributed by atoms with Gasteiger partial charge in [-0.1, -0.05) is 27.2 Å². The Morgan fingerprint density at radius 3 is 2.37 bits per heavy atom. The van der Waals surface area contributed by atoms with Gasteiger partial charge in [-0.2, -0.15) is 0 Å². The summed E-state index contributed by atoms with van der Waals surface area (Å²) < 4.78 is 11.6. The monoisotopic (exact) mass is 264 g/mol. The van der Waals surface area contributed by atoms with Gasteiger partial charge in [0, 0.05) is 0 Å². The van der Waals surface area contributed by atoms with Crippen LogP contribution in [0.5, 0.6) is 0 Å². The molecule has 108 valence electrons. The van der Waals surface area contributed by atoms with E-state index in [1.165, 1.54) is 12.8 Å². The minimum atomic E-state index is 0.584. The second-order valence-corrected chi connectivity index (χ2v) is 7.73. The molecule has 2 aliphatic heterocycles. The minimum absolute atomic E-state index is 0.584. The van der Waals surface area contributed by atoms with Crippen molar-refractivity contribution in [3.05, 3.63) is 0 Å². The van der Waals surface area contributed by atoms with Crippen LogP contribution in [0.15, 0.2) is 0 Å². The van der Waals surface area contributed by atoms with Gasteiger partial charge in [-0.05, 0) is 53.8 Å². The molecular weight excluding hydrogens is 236 g/mol. The molecule has 0 spiro atoms. The highest BCUT2D eigenvalue weighted by molar-refractivity contribution is 5.09. The van der Waals surface area contributed by atoms with E-state index >= 15 is 0 Å². The molecule has 2 aliphatic carbocycles. The maximum Gasteiger partial charge on any atom is 0.0612 e. The van der Waals surface area contributed by atoms with Crippen molar-refractivity contribution >= 4 is 0 Å². The second-order valence-electron chi connectivity index (χ2n) is 7.73. The highest BCUT2D eigenvalue weighted by atomic mass is 16.5. The van der Waals surface area contributed by atoms with E-state index in [4.69, 9.17) is 9.47 Å². The molecule has 2 saturated carbocycles. The molecule has 0 aromatic rings. The van der Waals surface area contributed by atoms with Crippen LogP contribution < -0.4 is 0 Å². The molecule has 2 saturated heterocycles. The minimum Gasteiger partial charge on any atom is -0.381 e. The summed E-state index contributed by atoms with van der Waals surface area (Å²) in [5.41, 5.74) is 0. The third kappa shape index (κ3) is 1.90. The number of ether oxygens (including phenoxy) is 2. The summed E-state index contributed by atoms with van der Waals surface area (Å²) in [6, 6.07) is 0. The van der Waals surface area contributed by atoms with Crippen LogP contribution in [0.4, 0.5) is 0 Å². The van der Waals surface area contributed by atoms with Gasteiger partial charge in [0.15, 0.2) is 0 Å². The molecule has 2 heterocycles. The molecular formula is C17H28O2. The van der Waals surface area contributed by atoms with Crippen molar-refractivity contribution in [2.75, 3.05) is 19.8 Å². The maximum atomic E-state index is 6.08. The Bertz CT molecular complexity index is 345. The van der Waals surface area contributed by atoms with E-state index in [0.29, 0.717) is 6.10 Å². The largest absolute Gasteiger partial charge is 0.381 e. The molecule has 8 atom stereocenters. The van der Waals surface area contributed by atoms with E-state index < -0.39 is 0 Å². The van der Waals surface area contributed by atoms with Crippen molar-refractivity contribution in [1.29, 1.82) is 0 Å². The van der Waals surface area contributed by atoms with Gasteiger partial charge < -0.3 is 9.47 Å². The number of rotatable bonds is 5. The molecule has 19 heavy (non-hydrogen) atoms. The molecule has 2 nitrogen and oxygen atoms in total. The van der Waals surface area contributed by atoms with Gasteiger partial charge in [0.1, 0.15) is 0 Å². The van der Waals surface area contributed by atoms with Gasteiger partial charge >= 0.3 is 0 Å². The highest BCUT2D eigenvalue weighted by Crippen LogP contribution is 2.61. The summed E-state index contributed by atoms with van der Waals surface area (Å²) in [5.74, 6) is 7.32. The third-order valence-electron chi connectivity index (χ3n) is 6.81. The van der Waals surface area contributed by atoms with E-state index in [2.05, 4.69) is 20.8 Å². The zero-order valence-electron chi connectivity index (χ0n) is 12.5. The van der Waals surface area contributed by atoms with Crippen molar-refractivity contribution in [3.63, 3.8) is 0 Å². The smallest absolute Gasteiger partial charge is 0.0612 e. The van der Waals surface area contributed by atoms with Crippen LogP contribution in [0.25, 0.3) is 0 Å². The van der Waals surface area contributed by atoms with Crippen LogP contribution >= 0.6 is 0 Å². The first-order valence-corrected chi connectivity index (χ1v) is 8.41. The van der Waals surface area contributed by atoms with Gasteiger partial charge in [-0.25, -0.2) is 0 Å². The SMILES string of the molecule is CCC(C)[C@@H]1[C@H]2COC(CC(C)C3C4COCC43)[C@H]21. The predicted molar refractivity (Wildman–Crippen MR) is 74.7 cm³/mol. The fourth-order valence-electron chi connectivity index (χ4n) is 5.47. The van der Waals surface area contributed by atoms with Crippen molar-refractivity contribution in [2.24, 2.45) is 47.3 Å².